The molecule has 0 saturated carbocycles. The molecule has 6 heteroatoms. The molecule has 0 atom stereocenters. The molecule has 2 heterocycles. The maximum absolute atomic E-state index is 13.2. The molecule has 1 aromatic carbocycles. The Kier molecular flexibility index (Phi) is 6.84. The second-order valence-electron chi connectivity index (χ2n) is 7.08. The van der Waals surface area contributed by atoms with Crippen LogP contribution in [0.5, 0.6) is 0 Å². The van der Waals surface area contributed by atoms with Crippen molar-refractivity contribution >= 4 is 21.8 Å². The van der Waals surface area contributed by atoms with E-state index in [1.54, 1.807) is 0 Å². The fourth-order valence-electron chi connectivity index (χ4n) is 3.61. The number of nitrogens with zero attached hydrogens (tertiary/aromatic N) is 3. The Morgan fingerprint density at radius 2 is 1.60 bits per heavy atom. The summed E-state index contributed by atoms with van der Waals surface area (Å²) in [6, 6.07) is 4.87. The second kappa shape index (κ2) is 9.10. The van der Waals surface area contributed by atoms with E-state index in [4.69, 9.17) is 0 Å². The van der Waals surface area contributed by atoms with E-state index in [0.29, 0.717) is 6.54 Å². The fraction of sp³-hybridized carbons (Fsp3) is 0.632. The summed E-state index contributed by atoms with van der Waals surface area (Å²) in [5.74, 6) is 0.0732. The third kappa shape index (κ3) is 5.50. The van der Waals surface area contributed by atoms with Gasteiger partial charge in [-0.3, -0.25) is 14.6 Å². The van der Waals surface area contributed by atoms with Crippen molar-refractivity contribution in [2.45, 2.75) is 32.2 Å². The first-order valence-corrected chi connectivity index (χ1v) is 10.1. The van der Waals surface area contributed by atoms with Gasteiger partial charge in [-0.2, -0.15) is 0 Å². The molecule has 3 rings (SSSR count). The van der Waals surface area contributed by atoms with Gasteiger partial charge in [-0.1, -0.05) is 34.8 Å². The zero-order valence-electron chi connectivity index (χ0n) is 14.7. The Morgan fingerprint density at radius 3 is 2.24 bits per heavy atom. The quantitative estimate of drug-likeness (QED) is 0.761. The molecule has 2 aliphatic rings. The maximum atomic E-state index is 13.2. The van der Waals surface area contributed by atoms with Gasteiger partial charge < -0.3 is 4.90 Å². The number of halogens is 2. The van der Waals surface area contributed by atoms with Gasteiger partial charge in [-0.25, -0.2) is 4.39 Å². The normalized spacial score (nSPS) is 20.5. The van der Waals surface area contributed by atoms with E-state index >= 15 is 0 Å². The predicted molar refractivity (Wildman–Crippen MR) is 101 cm³/mol. The lowest BCUT2D eigenvalue weighted by molar-refractivity contribution is -0.132. The molecule has 1 amide bonds. The van der Waals surface area contributed by atoms with Crippen molar-refractivity contribution in [3.05, 3.63) is 34.1 Å². The summed E-state index contributed by atoms with van der Waals surface area (Å²) in [4.78, 5) is 19.2. The fourth-order valence-corrected chi connectivity index (χ4v) is 4.08. The SMILES string of the molecule is O=C(CN1CCN(Cc2ccc(F)cc2Br)CC1)N1CCCCCC1. The highest BCUT2D eigenvalue weighted by molar-refractivity contribution is 9.10. The van der Waals surface area contributed by atoms with Crippen LogP contribution in [0.4, 0.5) is 4.39 Å². The lowest BCUT2D eigenvalue weighted by Gasteiger charge is -2.35. The van der Waals surface area contributed by atoms with Crippen LogP contribution in [0.1, 0.15) is 31.2 Å². The van der Waals surface area contributed by atoms with Crippen LogP contribution in [0.3, 0.4) is 0 Å². The summed E-state index contributed by atoms with van der Waals surface area (Å²) in [6.45, 7) is 6.93. The summed E-state index contributed by atoms with van der Waals surface area (Å²) in [5.41, 5.74) is 1.11. The molecule has 2 saturated heterocycles. The maximum Gasteiger partial charge on any atom is 0.236 e. The van der Waals surface area contributed by atoms with Crippen molar-refractivity contribution in [2.24, 2.45) is 0 Å². The molecule has 0 bridgehead atoms. The second-order valence-corrected chi connectivity index (χ2v) is 7.94. The standard InChI is InChI=1S/C19H27BrFN3O/c20-18-13-17(21)6-5-16(18)14-22-9-11-23(12-10-22)15-19(25)24-7-3-1-2-4-8-24/h5-6,13H,1-4,7-12,14-15H2. The monoisotopic (exact) mass is 411 g/mol. The van der Waals surface area contributed by atoms with Crippen LogP contribution in [-0.4, -0.2) is 66.4 Å². The van der Waals surface area contributed by atoms with Crippen molar-refractivity contribution in [1.29, 1.82) is 0 Å². The van der Waals surface area contributed by atoms with Crippen LogP contribution in [0.25, 0.3) is 0 Å². The van der Waals surface area contributed by atoms with Gasteiger partial charge in [0.25, 0.3) is 0 Å². The van der Waals surface area contributed by atoms with E-state index in [9.17, 15) is 9.18 Å². The third-order valence-corrected chi connectivity index (χ3v) is 5.93. The van der Waals surface area contributed by atoms with E-state index in [0.717, 1.165) is 68.7 Å². The van der Waals surface area contributed by atoms with Crippen molar-refractivity contribution < 1.29 is 9.18 Å². The van der Waals surface area contributed by atoms with Crippen LogP contribution in [0, 0.1) is 5.82 Å². The summed E-state index contributed by atoms with van der Waals surface area (Å²) in [5, 5.41) is 0. The highest BCUT2D eigenvalue weighted by Gasteiger charge is 2.22. The summed E-state index contributed by atoms with van der Waals surface area (Å²) in [6.07, 6.45) is 4.79. The smallest absolute Gasteiger partial charge is 0.236 e. The Labute approximate surface area is 158 Å². The highest BCUT2D eigenvalue weighted by Crippen LogP contribution is 2.20. The molecule has 0 spiro atoms. The van der Waals surface area contributed by atoms with E-state index in [2.05, 4.69) is 30.6 Å². The van der Waals surface area contributed by atoms with Crippen molar-refractivity contribution in [2.75, 3.05) is 45.8 Å². The van der Waals surface area contributed by atoms with Crippen molar-refractivity contribution in [3.8, 4) is 0 Å². The molecule has 2 aliphatic heterocycles. The molecule has 2 fully saturated rings. The first-order chi connectivity index (χ1) is 12.1. The molecule has 25 heavy (non-hydrogen) atoms. The molecular weight excluding hydrogens is 385 g/mol. The number of piperazine rings is 1. The van der Waals surface area contributed by atoms with Crippen LogP contribution >= 0.6 is 15.9 Å². The summed E-state index contributed by atoms with van der Waals surface area (Å²) >= 11 is 3.44. The summed E-state index contributed by atoms with van der Waals surface area (Å²) in [7, 11) is 0. The lowest BCUT2D eigenvalue weighted by atomic mass is 10.2. The first-order valence-electron chi connectivity index (χ1n) is 9.28. The average Bonchev–Trinajstić information content (AvgIpc) is 2.88. The van der Waals surface area contributed by atoms with E-state index in [1.807, 2.05) is 6.07 Å². The molecular formula is C19H27BrFN3O. The molecule has 138 valence electrons. The Morgan fingerprint density at radius 1 is 0.960 bits per heavy atom. The Bertz CT molecular complexity index is 582. The zero-order chi connectivity index (χ0) is 17.6. The number of carbonyl (C=O) groups is 1. The van der Waals surface area contributed by atoms with Gasteiger partial charge in [0.05, 0.1) is 6.54 Å². The molecule has 1 aromatic rings. The van der Waals surface area contributed by atoms with Crippen molar-refractivity contribution in [1.82, 2.24) is 14.7 Å². The van der Waals surface area contributed by atoms with Crippen LogP contribution in [0.15, 0.2) is 22.7 Å². The minimum atomic E-state index is -0.215. The molecule has 0 unspecified atom stereocenters. The number of rotatable bonds is 4. The van der Waals surface area contributed by atoms with Gasteiger partial charge in [0, 0.05) is 50.3 Å². The minimum absolute atomic E-state index is 0.215. The molecule has 0 radical (unpaired) electrons. The van der Waals surface area contributed by atoms with Crippen LogP contribution < -0.4 is 0 Å². The number of hydrogen-bond acceptors (Lipinski definition) is 3. The van der Waals surface area contributed by atoms with E-state index < -0.39 is 0 Å². The van der Waals surface area contributed by atoms with E-state index in [-0.39, 0.29) is 11.7 Å². The number of benzene rings is 1. The topological polar surface area (TPSA) is 26.8 Å². The number of likely N-dealkylation sites (tertiary alicyclic amines) is 1. The van der Waals surface area contributed by atoms with Gasteiger partial charge in [-0.05, 0) is 30.5 Å². The van der Waals surface area contributed by atoms with Crippen molar-refractivity contribution in [3.63, 3.8) is 0 Å². The molecule has 0 N–H and O–H groups in total. The minimum Gasteiger partial charge on any atom is -0.342 e. The van der Waals surface area contributed by atoms with Crippen LogP contribution in [0.2, 0.25) is 0 Å². The third-order valence-electron chi connectivity index (χ3n) is 5.19. The number of hydrogen-bond donors (Lipinski definition) is 0. The van der Waals surface area contributed by atoms with Crippen LogP contribution in [-0.2, 0) is 11.3 Å². The Hall–Kier alpha value is -0.980. The molecule has 0 aliphatic carbocycles. The van der Waals surface area contributed by atoms with E-state index in [1.165, 1.54) is 25.0 Å². The van der Waals surface area contributed by atoms with Gasteiger partial charge in [-0.15, -0.1) is 0 Å². The molecule has 0 aromatic heterocycles. The first kappa shape index (κ1) is 18.8. The van der Waals surface area contributed by atoms with Gasteiger partial charge in [0.15, 0.2) is 0 Å². The highest BCUT2D eigenvalue weighted by atomic mass is 79.9. The summed E-state index contributed by atoms with van der Waals surface area (Å²) < 4.78 is 14.0. The molecule has 4 nitrogen and oxygen atoms in total. The lowest BCUT2D eigenvalue weighted by Crippen LogP contribution is -2.49. The zero-order valence-corrected chi connectivity index (χ0v) is 16.3. The average molecular weight is 412 g/mol. The number of carbonyl (C=O) groups excluding carboxylic acids is 1. The van der Waals surface area contributed by atoms with Gasteiger partial charge in [0.2, 0.25) is 5.91 Å². The number of amides is 1. The predicted octanol–water partition coefficient (Wildman–Crippen LogP) is 3.11. The van der Waals surface area contributed by atoms with Gasteiger partial charge in [0.1, 0.15) is 5.82 Å². The van der Waals surface area contributed by atoms with Gasteiger partial charge >= 0.3 is 0 Å². The Balaban J connectivity index is 1.44. The largest absolute Gasteiger partial charge is 0.342 e.